The molecule has 9 nitrogen and oxygen atoms in total. The van der Waals surface area contributed by atoms with Gasteiger partial charge < -0.3 is 5.73 Å². The van der Waals surface area contributed by atoms with Crippen LogP contribution in [0.5, 0.6) is 0 Å². The van der Waals surface area contributed by atoms with E-state index in [4.69, 9.17) is 5.73 Å². The standard InChI is InChI=1S/C9H9N7O2S/c10-8-6(16(17)18)3-4-7(11-8)19-9-12-13-14-15(9)5-1-2-5/h3-5H,1-2H2,(H2,10,11). The number of anilines is 1. The second-order valence-corrected chi connectivity index (χ2v) is 5.04. The van der Waals surface area contributed by atoms with Crippen LogP contribution in [-0.2, 0) is 0 Å². The first-order valence-corrected chi connectivity index (χ1v) is 6.33. The first-order chi connectivity index (χ1) is 9.15. The van der Waals surface area contributed by atoms with Crippen LogP contribution in [0.25, 0.3) is 0 Å². The van der Waals surface area contributed by atoms with Gasteiger partial charge in [0.05, 0.1) is 11.0 Å². The average Bonchev–Trinajstić information content (AvgIpc) is 3.10. The van der Waals surface area contributed by atoms with E-state index in [1.54, 1.807) is 4.68 Å². The van der Waals surface area contributed by atoms with Gasteiger partial charge in [-0.15, -0.1) is 5.10 Å². The van der Waals surface area contributed by atoms with Gasteiger partial charge in [0.2, 0.25) is 11.0 Å². The number of aromatic nitrogens is 5. The van der Waals surface area contributed by atoms with Gasteiger partial charge in [-0.05, 0) is 41.1 Å². The third kappa shape index (κ3) is 2.34. The van der Waals surface area contributed by atoms with Gasteiger partial charge in [0, 0.05) is 6.07 Å². The number of rotatable bonds is 4. The van der Waals surface area contributed by atoms with E-state index < -0.39 is 4.92 Å². The highest BCUT2D eigenvalue weighted by atomic mass is 32.2. The molecule has 3 rings (SSSR count). The van der Waals surface area contributed by atoms with Crippen molar-refractivity contribution in [1.29, 1.82) is 0 Å². The molecule has 0 atom stereocenters. The highest BCUT2D eigenvalue weighted by molar-refractivity contribution is 7.99. The molecule has 0 bridgehead atoms. The Morgan fingerprint density at radius 2 is 2.26 bits per heavy atom. The van der Waals surface area contributed by atoms with E-state index in [-0.39, 0.29) is 11.5 Å². The molecule has 0 unspecified atom stereocenters. The third-order valence-electron chi connectivity index (χ3n) is 2.62. The van der Waals surface area contributed by atoms with Gasteiger partial charge >= 0.3 is 5.69 Å². The minimum atomic E-state index is -0.564. The molecule has 19 heavy (non-hydrogen) atoms. The van der Waals surface area contributed by atoms with Crippen molar-refractivity contribution in [2.45, 2.75) is 29.1 Å². The van der Waals surface area contributed by atoms with Gasteiger partial charge in [-0.1, -0.05) is 0 Å². The van der Waals surface area contributed by atoms with Crippen molar-refractivity contribution < 1.29 is 4.92 Å². The van der Waals surface area contributed by atoms with Crippen molar-refractivity contribution >= 4 is 23.3 Å². The van der Waals surface area contributed by atoms with Crippen molar-refractivity contribution in [2.75, 3.05) is 5.73 Å². The molecule has 1 aliphatic rings. The van der Waals surface area contributed by atoms with Crippen LogP contribution in [0.3, 0.4) is 0 Å². The molecular weight excluding hydrogens is 270 g/mol. The molecule has 1 aliphatic carbocycles. The van der Waals surface area contributed by atoms with E-state index in [1.807, 2.05) is 0 Å². The lowest BCUT2D eigenvalue weighted by Gasteiger charge is -2.02. The number of pyridine rings is 1. The lowest BCUT2D eigenvalue weighted by Crippen LogP contribution is -2.01. The van der Waals surface area contributed by atoms with Crippen LogP contribution in [0.1, 0.15) is 18.9 Å². The van der Waals surface area contributed by atoms with Crippen LogP contribution in [0.15, 0.2) is 22.3 Å². The maximum absolute atomic E-state index is 10.6. The van der Waals surface area contributed by atoms with Gasteiger partial charge in [0.25, 0.3) is 0 Å². The monoisotopic (exact) mass is 279 g/mol. The first kappa shape index (κ1) is 11.8. The Bertz CT molecular complexity index is 639. The normalized spacial score (nSPS) is 14.5. The smallest absolute Gasteiger partial charge is 0.311 e. The summed E-state index contributed by atoms with van der Waals surface area (Å²) in [6, 6.07) is 3.22. The third-order valence-corrected chi connectivity index (χ3v) is 3.51. The average molecular weight is 279 g/mol. The Balaban J connectivity index is 1.85. The molecule has 2 aromatic rings. The molecule has 0 aromatic carbocycles. The van der Waals surface area contributed by atoms with Crippen LogP contribution in [0, 0.1) is 10.1 Å². The SMILES string of the molecule is Nc1nc(Sc2nnnn2C2CC2)ccc1[N+](=O)[O-]. The second kappa shape index (κ2) is 4.46. The Morgan fingerprint density at radius 1 is 1.47 bits per heavy atom. The minimum absolute atomic E-state index is 0.111. The number of hydrogen-bond acceptors (Lipinski definition) is 8. The predicted octanol–water partition coefficient (Wildman–Crippen LogP) is 1.04. The van der Waals surface area contributed by atoms with Gasteiger partial charge in [0.15, 0.2) is 0 Å². The van der Waals surface area contributed by atoms with E-state index in [9.17, 15) is 10.1 Å². The van der Waals surface area contributed by atoms with Crippen molar-refractivity contribution in [2.24, 2.45) is 0 Å². The van der Waals surface area contributed by atoms with Crippen LogP contribution in [0.4, 0.5) is 11.5 Å². The summed E-state index contributed by atoms with van der Waals surface area (Å²) in [7, 11) is 0. The Labute approximate surface area is 111 Å². The Hall–Kier alpha value is -2.23. The molecule has 10 heteroatoms. The van der Waals surface area contributed by atoms with Gasteiger partial charge in [-0.2, -0.15) is 0 Å². The summed E-state index contributed by atoms with van der Waals surface area (Å²) >= 11 is 1.24. The minimum Gasteiger partial charge on any atom is -0.378 e. The molecule has 2 heterocycles. The molecule has 98 valence electrons. The first-order valence-electron chi connectivity index (χ1n) is 5.52. The maximum Gasteiger partial charge on any atom is 0.311 e. The quantitative estimate of drug-likeness (QED) is 0.650. The summed E-state index contributed by atoms with van der Waals surface area (Å²) in [6.07, 6.45) is 2.13. The fourth-order valence-corrected chi connectivity index (χ4v) is 2.38. The summed E-state index contributed by atoms with van der Waals surface area (Å²) < 4.78 is 1.74. The summed E-state index contributed by atoms with van der Waals surface area (Å²) in [4.78, 5) is 14.1. The molecule has 2 N–H and O–H groups in total. The highest BCUT2D eigenvalue weighted by Crippen LogP contribution is 2.38. The van der Waals surface area contributed by atoms with Gasteiger partial charge in [0.1, 0.15) is 5.03 Å². The zero-order chi connectivity index (χ0) is 13.4. The maximum atomic E-state index is 10.6. The van der Waals surface area contributed by atoms with Gasteiger partial charge in [-0.25, -0.2) is 9.67 Å². The molecule has 0 amide bonds. The van der Waals surface area contributed by atoms with E-state index in [2.05, 4.69) is 20.5 Å². The number of nitrogens with zero attached hydrogens (tertiary/aromatic N) is 6. The predicted molar refractivity (Wildman–Crippen MR) is 65.5 cm³/mol. The number of hydrogen-bond donors (Lipinski definition) is 1. The largest absolute Gasteiger partial charge is 0.378 e. The zero-order valence-corrected chi connectivity index (χ0v) is 10.4. The van der Waals surface area contributed by atoms with Crippen LogP contribution in [0.2, 0.25) is 0 Å². The summed E-state index contributed by atoms with van der Waals surface area (Å²) in [5.41, 5.74) is 5.33. The Kier molecular flexibility index (Phi) is 2.78. The van der Waals surface area contributed by atoms with E-state index in [0.717, 1.165) is 12.8 Å². The number of tetrazole rings is 1. The molecule has 0 spiro atoms. The lowest BCUT2D eigenvalue weighted by molar-refractivity contribution is -0.384. The van der Waals surface area contributed by atoms with Gasteiger partial charge in [-0.3, -0.25) is 10.1 Å². The lowest BCUT2D eigenvalue weighted by atomic mass is 10.4. The van der Waals surface area contributed by atoms with Crippen LogP contribution >= 0.6 is 11.8 Å². The zero-order valence-electron chi connectivity index (χ0n) is 9.63. The van der Waals surface area contributed by atoms with E-state index in [0.29, 0.717) is 16.2 Å². The fourth-order valence-electron chi connectivity index (χ4n) is 1.55. The molecule has 0 radical (unpaired) electrons. The fraction of sp³-hybridized carbons (Fsp3) is 0.333. The molecule has 1 fully saturated rings. The molecule has 0 aliphatic heterocycles. The Morgan fingerprint density at radius 3 is 2.89 bits per heavy atom. The number of nitro groups is 1. The molecule has 0 saturated heterocycles. The summed E-state index contributed by atoms with van der Waals surface area (Å²) in [6.45, 7) is 0. The van der Waals surface area contributed by atoms with Crippen molar-refractivity contribution in [3.05, 3.63) is 22.2 Å². The summed E-state index contributed by atoms with van der Waals surface area (Å²) in [5, 5.41) is 23.2. The second-order valence-electron chi connectivity index (χ2n) is 4.05. The van der Waals surface area contributed by atoms with Crippen molar-refractivity contribution in [1.82, 2.24) is 25.2 Å². The topological polar surface area (TPSA) is 126 Å². The highest BCUT2D eigenvalue weighted by Gasteiger charge is 2.28. The summed E-state index contributed by atoms with van der Waals surface area (Å²) in [5.74, 6) is -0.111. The molecule has 2 aromatic heterocycles. The molecular formula is C9H9N7O2S. The number of nitrogen functional groups attached to an aromatic ring is 1. The van der Waals surface area contributed by atoms with Crippen molar-refractivity contribution in [3.8, 4) is 0 Å². The van der Waals surface area contributed by atoms with Crippen LogP contribution in [-0.4, -0.2) is 30.1 Å². The van der Waals surface area contributed by atoms with E-state index in [1.165, 1.54) is 23.9 Å². The van der Waals surface area contributed by atoms with E-state index >= 15 is 0 Å². The van der Waals surface area contributed by atoms with Crippen LogP contribution < -0.4 is 5.73 Å². The number of nitrogens with two attached hydrogens (primary N) is 1. The van der Waals surface area contributed by atoms with Crippen molar-refractivity contribution in [3.63, 3.8) is 0 Å². The molecule has 1 saturated carbocycles.